The smallest absolute Gasteiger partial charge is 0.0803 e. The predicted molar refractivity (Wildman–Crippen MR) is 57.0 cm³/mol. The van der Waals surface area contributed by atoms with Gasteiger partial charge in [0.15, 0.2) is 0 Å². The van der Waals surface area contributed by atoms with Crippen LogP contribution in [0.15, 0.2) is 41.7 Å². The Labute approximate surface area is 83.0 Å². The van der Waals surface area contributed by atoms with Crippen LogP contribution in [0.25, 0.3) is 0 Å². The molecule has 1 aliphatic rings. The molecule has 1 aromatic rings. The minimum Gasteiger partial charge on any atom is -0.222 e. The van der Waals surface area contributed by atoms with Crippen molar-refractivity contribution in [2.45, 2.75) is 19.4 Å². The van der Waals surface area contributed by atoms with Gasteiger partial charge in [-0.25, -0.2) is 5.01 Å². The summed E-state index contributed by atoms with van der Waals surface area (Å²) in [6.45, 7) is 5.80. The van der Waals surface area contributed by atoms with Gasteiger partial charge in [0, 0.05) is 6.42 Å². The Kier molecular flexibility index (Phi) is 2.08. The SMILES string of the molecule is C=C(C)C1Cc2ccccc2N1N=O. The quantitative estimate of drug-likeness (QED) is 0.528. The number of benzene rings is 1. The zero-order valence-corrected chi connectivity index (χ0v) is 8.10. The summed E-state index contributed by atoms with van der Waals surface area (Å²) in [5.41, 5.74) is 3.05. The number of hydrogen-bond donors (Lipinski definition) is 0. The molecule has 0 N–H and O–H groups in total. The van der Waals surface area contributed by atoms with Crippen LogP contribution in [0.4, 0.5) is 5.69 Å². The van der Waals surface area contributed by atoms with Crippen LogP contribution in [0, 0.1) is 4.91 Å². The number of fused-ring (bicyclic) bond motifs is 1. The van der Waals surface area contributed by atoms with Crippen molar-refractivity contribution in [2.75, 3.05) is 5.01 Å². The fraction of sp³-hybridized carbons (Fsp3) is 0.273. The maximum absolute atomic E-state index is 10.7. The molecule has 14 heavy (non-hydrogen) atoms. The third-order valence-corrected chi connectivity index (χ3v) is 2.60. The molecular weight excluding hydrogens is 176 g/mol. The lowest BCUT2D eigenvalue weighted by molar-refractivity contribution is 0.720. The van der Waals surface area contributed by atoms with Crippen LogP contribution in [-0.4, -0.2) is 6.04 Å². The van der Waals surface area contributed by atoms with E-state index in [0.717, 1.165) is 17.7 Å². The molecule has 0 saturated carbocycles. The first kappa shape index (κ1) is 8.94. The summed E-state index contributed by atoms with van der Waals surface area (Å²) >= 11 is 0. The van der Waals surface area contributed by atoms with Crippen molar-refractivity contribution in [2.24, 2.45) is 5.29 Å². The molecule has 1 heterocycles. The number of anilines is 1. The van der Waals surface area contributed by atoms with Gasteiger partial charge in [-0.2, -0.15) is 0 Å². The summed E-state index contributed by atoms with van der Waals surface area (Å²) in [6.07, 6.45) is 0.831. The molecule has 1 unspecified atom stereocenters. The Morgan fingerprint density at radius 1 is 1.57 bits per heavy atom. The number of nitroso groups, excluding NO2 is 1. The lowest BCUT2D eigenvalue weighted by Gasteiger charge is -2.18. The van der Waals surface area contributed by atoms with E-state index in [1.807, 2.05) is 31.2 Å². The van der Waals surface area contributed by atoms with E-state index in [1.54, 1.807) is 0 Å². The lowest BCUT2D eigenvalue weighted by Crippen LogP contribution is -2.26. The van der Waals surface area contributed by atoms with Gasteiger partial charge in [0.05, 0.1) is 17.0 Å². The second-order valence-corrected chi connectivity index (χ2v) is 3.62. The molecule has 1 aromatic carbocycles. The third kappa shape index (κ3) is 1.21. The van der Waals surface area contributed by atoms with Crippen molar-refractivity contribution in [3.8, 4) is 0 Å². The zero-order chi connectivity index (χ0) is 10.1. The van der Waals surface area contributed by atoms with Gasteiger partial charge in [0.1, 0.15) is 0 Å². The van der Waals surface area contributed by atoms with Crippen LogP contribution in [0.2, 0.25) is 0 Å². The molecule has 0 radical (unpaired) electrons. The molecule has 0 aliphatic carbocycles. The highest BCUT2D eigenvalue weighted by atomic mass is 16.3. The monoisotopic (exact) mass is 188 g/mol. The van der Waals surface area contributed by atoms with Gasteiger partial charge in [-0.15, -0.1) is 4.91 Å². The van der Waals surface area contributed by atoms with Gasteiger partial charge in [0.2, 0.25) is 0 Å². The van der Waals surface area contributed by atoms with Crippen molar-refractivity contribution < 1.29 is 0 Å². The fourth-order valence-electron chi connectivity index (χ4n) is 1.85. The van der Waals surface area contributed by atoms with Crippen molar-refractivity contribution >= 4 is 5.69 Å². The first-order chi connectivity index (χ1) is 6.74. The summed E-state index contributed by atoms with van der Waals surface area (Å²) in [6, 6.07) is 7.86. The number of para-hydroxylation sites is 1. The largest absolute Gasteiger partial charge is 0.222 e. The highest BCUT2D eigenvalue weighted by Crippen LogP contribution is 2.34. The average molecular weight is 188 g/mol. The molecule has 2 rings (SSSR count). The molecule has 0 saturated heterocycles. The molecule has 0 aromatic heterocycles. The number of rotatable bonds is 2. The molecule has 1 aliphatic heterocycles. The van der Waals surface area contributed by atoms with Gasteiger partial charge in [0.25, 0.3) is 0 Å². The Balaban J connectivity index is 2.43. The van der Waals surface area contributed by atoms with Gasteiger partial charge in [-0.1, -0.05) is 30.4 Å². The minimum atomic E-state index is 0.0323. The summed E-state index contributed by atoms with van der Waals surface area (Å²) in [5, 5.41) is 4.57. The highest BCUT2D eigenvalue weighted by Gasteiger charge is 2.30. The number of hydrogen-bond acceptors (Lipinski definition) is 2. The molecule has 0 spiro atoms. The Morgan fingerprint density at radius 3 is 2.93 bits per heavy atom. The summed E-state index contributed by atoms with van der Waals surface area (Å²) in [4.78, 5) is 10.7. The Morgan fingerprint density at radius 2 is 2.29 bits per heavy atom. The summed E-state index contributed by atoms with van der Waals surface area (Å²) in [7, 11) is 0. The van der Waals surface area contributed by atoms with Crippen molar-refractivity contribution in [3.63, 3.8) is 0 Å². The highest BCUT2D eigenvalue weighted by molar-refractivity contribution is 5.60. The van der Waals surface area contributed by atoms with E-state index in [9.17, 15) is 4.91 Å². The van der Waals surface area contributed by atoms with Crippen molar-refractivity contribution in [1.29, 1.82) is 0 Å². The zero-order valence-electron chi connectivity index (χ0n) is 8.10. The Hall–Kier alpha value is -1.64. The third-order valence-electron chi connectivity index (χ3n) is 2.60. The van der Waals surface area contributed by atoms with Crippen LogP contribution in [0.1, 0.15) is 12.5 Å². The average Bonchev–Trinajstić information content (AvgIpc) is 2.56. The van der Waals surface area contributed by atoms with Crippen molar-refractivity contribution in [3.05, 3.63) is 46.9 Å². The first-order valence-electron chi connectivity index (χ1n) is 4.60. The van der Waals surface area contributed by atoms with Crippen LogP contribution in [0.5, 0.6) is 0 Å². The molecule has 3 nitrogen and oxygen atoms in total. The van der Waals surface area contributed by atoms with Gasteiger partial charge in [-0.05, 0) is 18.6 Å². The van der Waals surface area contributed by atoms with Crippen LogP contribution >= 0.6 is 0 Å². The molecule has 3 heteroatoms. The minimum absolute atomic E-state index is 0.0323. The fourth-order valence-corrected chi connectivity index (χ4v) is 1.85. The lowest BCUT2D eigenvalue weighted by atomic mass is 10.1. The van der Waals surface area contributed by atoms with E-state index in [2.05, 4.69) is 11.9 Å². The van der Waals surface area contributed by atoms with E-state index < -0.39 is 0 Å². The second-order valence-electron chi connectivity index (χ2n) is 3.62. The first-order valence-corrected chi connectivity index (χ1v) is 4.60. The van der Waals surface area contributed by atoms with Crippen molar-refractivity contribution in [1.82, 2.24) is 0 Å². The van der Waals surface area contributed by atoms with Crippen LogP contribution in [-0.2, 0) is 6.42 Å². The van der Waals surface area contributed by atoms with E-state index in [1.165, 1.54) is 10.6 Å². The predicted octanol–water partition coefficient (Wildman–Crippen LogP) is 2.68. The normalized spacial score (nSPS) is 19.2. The summed E-state index contributed by atoms with van der Waals surface area (Å²) in [5.74, 6) is 0. The van der Waals surface area contributed by atoms with Gasteiger partial charge >= 0.3 is 0 Å². The van der Waals surface area contributed by atoms with E-state index in [0.29, 0.717) is 0 Å². The second kappa shape index (κ2) is 3.25. The molecule has 0 bridgehead atoms. The van der Waals surface area contributed by atoms with E-state index >= 15 is 0 Å². The van der Waals surface area contributed by atoms with E-state index in [-0.39, 0.29) is 6.04 Å². The summed E-state index contributed by atoms with van der Waals surface area (Å²) < 4.78 is 0. The van der Waals surface area contributed by atoms with Gasteiger partial charge < -0.3 is 0 Å². The van der Waals surface area contributed by atoms with Gasteiger partial charge in [-0.3, -0.25) is 0 Å². The van der Waals surface area contributed by atoms with Crippen LogP contribution < -0.4 is 5.01 Å². The number of nitrogens with zero attached hydrogens (tertiary/aromatic N) is 2. The molecule has 0 fully saturated rings. The van der Waals surface area contributed by atoms with E-state index in [4.69, 9.17) is 0 Å². The maximum atomic E-state index is 10.7. The molecule has 1 atom stereocenters. The standard InChI is InChI=1S/C11H12N2O/c1-8(2)11-7-9-5-3-4-6-10(9)13(11)12-14/h3-6,11H,1,7H2,2H3. The maximum Gasteiger partial charge on any atom is 0.0803 e. The Bertz CT molecular complexity index is 387. The molecular formula is C11H12N2O. The molecule has 0 amide bonds. The molecule has 72 valence electrons. The van der Waals surface area contributed by atoms with Crippen LogP contribution in [0.3, 0.4) is 0 Å². The topological polar surface area (TPSA) is 32.7 Å².